The largest absolute Gasteiger partial charge is 0.341 e. The molecule has 0 aliphatic carbocycles. The van der Waals surface area contributed by atoms with E-state index in [9.17, 15) is 9.65 Å². The second kappa shape index (κ2) is 8.36. The number of hydrogen-bond donors (Lipinski definition) is 0. The molecule has 4 heterocycles. The van der Waals surface area contributed by atoms with E-state index in [0.717, 1.165) is 48.8 Å². The molecule has 170 valence electrons. The van der Waals surface area contributed by atoms with Crippen molar-refractivity contribution in [1.29, 1.82) is 5.26 Å². The van der Waals surface area contributed by atoms with Gasteiger partial charge in [0, 0.05) is 30.6 Å². The van der Waals surface area contributed by atoms with Gasteiger partial charge >= 0.3 is 0 Å². The zero-order chi connectivity index (χ0) is 23.2. The van der Waals surface area contributed by atoms with Crippen LogP contribution in [-0.2, 0) is 13.1 Å². The first-order valence-corrected chi connectivity index (χ1v) is 11.4. The van der Waals surface area contributed by atoms with Gasteiger partial charge in [-0.3, -0.25) is 9.47 Å². The fourth-order valence-corrected chi connectivity index (χ4v) is 4.76. The van der Waals surface area contributed by atoms with Gasteiger partial charge in [0.15, 0.2) is 11.6 Å². The van der Waals surface area contributed by atoms with E-state index in [1.54, 1.807) is 0 Å². The zero-order valence-electron chi connectivity index (χ0n) is 18.5. The number of anilines is 1. The van der Waals surface area contributed by atoms with Crippen molar-refractivity contribution in [2.75, 3.05) is 18.0 Å². The lowest BCUT2D eigenvalue weighted by Crippen LogP contribution is -2.41. The number of nitrogens with zero attached hydrogens (tertiary/aromatic N) is 8. The highest BCUT2D eigenvalue weighted by Crippen LogP contribution is 2.35. The van der Waals surface area contributed by atoms with Crippen molar-refractivity contribution in [1.82, 2.24) is 29.6 Å². The molecule has 0 saturated carbocycles. The molecule has 0 atom stereocenters. The van der Waals surface area contributed by atoms with Gasteiger partial charge in [-0.2, -0.15) is 5.26 Å². The van der Waals surface area contributed by atoms with Crippen LogP contribution in [-0.4, -0.2) is 48.3 Å². The topological polar surface area (TPSA) is 86.8 Å². The highest BCUT2D eigenvalue weighted by molar-refractivity contribution is 6.30. The second-order valence-electron chi connectivity index (χ2n) is 9.07. The minimum Gasteiger partial charge on any atom is -0.341 e. The summed E-state index contributed by atoms with van der Waals surface area (Å²) < 4.78 is 15.3. The Morgan fingerprint density at radius 1 is 1.12 bits per heavy atom. The minimum absolute atomic E-state index is 0.210. The molecule has 0 bridgehead atoms. The van der Waals surface area contributed by atoms with Crippen LogP contribution in [0.4, 0.5) is 10.3 Å². The second-order valence-corrected chi connectivity index (χ2v) is 9.51. The van der Waals surface area contributed by atoms with Crippen LogP contribution in [0.2, 0.25) is 5.02 Å². The van der Waals surface area contributed by atoms with Gasteiger partial charge in [0.25, 0.3) is 0 Å². The molecule has 1 saturated heterocycles. The van der Waals surface area contributed by atoms with Crippen LogP contribution in [0.25, 0.3) is 5.69 Å². The molecule has 3 aromatic rings. The smallest absolute Gasteiger partial charge is 0.225 e. The molecule has 0 unspecified atom stereocenters. The van der Waals surface area contributed by atoms with Gasteiger partial charge in [-0.05, 0) is 50.5 Å². The average Bonchev–Trinajstić information content (AvgIpc) is 3.15. The number of hydrogen-bond acceptors (Lipinski definition) is 7. The van der Waals surface area contributed by atoms with Crippen molar-refractivity contribution in [3.05, 3.63) is 58.6 Å². The highest BCUT2D eigenvalue weighted by atomic mass is 35.5. The number of halogens is 2. The lowest BCUT2D eigenvalue weighted by molar-refractivity contribution is 0.147. The molecule has 0 radical (unpaired) electrons. The summed E-state index contributed by atoms with van der Waals surface area (Å²) in [7, 11) is 0. The summed E-state index contributed by atoms with van der Waals surface area (Å²) in [5.41, 5.74) is 1.39. The molecule has 0 spiro atoms. The maximum absolute atomic E-state index is 13.2. The Morgan fingerprint density at radius 3 is 2.55 bits per heavy atom. The molecule has 0 amide bonds. The summed E-state index contributed by atoms with van der Waals surface area (Å²) in [6.45, 7) is 6.44. The summed E-state index contributed by atoms with van der Waals surface area (Å²) in [5.74, 6) is 2.06. The van der Waals surface area contributed by atoms with E-state index < -0.39 is 11.4 Å². The third-order valence-corrected chi connectivity index (χ3v) is 6.78. The molecular formula is C23H24ClFN8. The Balaban J connectivity index is 1.46. The number of piperidine rings is 1. The summed E-state index contributed by atoms with van der Waals surface area (Å²) in [4.78, 5) is 12.4. The lowest BCUT2D eigenvalue weighted by Gasteiger charge is -2.31. The van der Waals surface area contributed by atoms with Gasteiger partial charge < -0.3 is 4.90 Å². The van der Waals surface area contributed by atoms with Crippen LogP contribution in [0.1, 0.15) is 49.8 Å². The van der Waals surface area contributed by atoms with E-state index in [-0.39, 0.29) is 5.92 Å². The Hall–Kier alpha value is -3.09. The Kier molecular flexibility index (Phi) is 5.51. The van der Waals surface area contributed by atoms with Gasteiger partial charge in [-0.1, -0.05) is 11.6 Å². The Labute approximate surface area is 196 Å². The van der Waals surface area contributed by atoms with Gasteiger partial charge in [-0.25, -0.2) is 14.4 Å². The number of aromatic nitrogens is 5. The summed E-state index contributed by atoms with van der Waals surface area (Å²) in [5, 5.41) is 19.6. The van der Waals surface area contributed by atoms with Crippen molar-refractivity contribution < 1.29 is 4.39 Å². The maximum Gasteiger partial charge on any atom is 0.225 e. The van der Waals surface area contributed by atoms with Crippen molar-refractivity contribution in [3.63, 3.8) is 0 Å². The van der Waals surface area contributed by atoms with Crippen LogP contribution in [0, 0.1) is 17.1 Å². The van der Waals surface area contributed by atoms with E-state index in [2.05, 4.69) is 40.6 Å². The first-order valence-electron chi connectivity index (χ1n) is 11.0. The SMILES string of the molecule is CC(C)(C#N)N1Cc2cc(Cl)ccc2-n2c(nnc2C2CCN(c3ncc(F)cn3)CC2)C1. The number of benzene rings is 1. The molecule has 5 rings (SSSR count). The predicted octanol–water partition coefficient (Wildman–Crippen LogP) is 3.85. The molecule has 2 aromatic heterocycles. The highest BCUT2D eigenvalue weighted by Gasteiger charge is 2.34. The molecule has 2 aliphatic heterocycles. The van der Waals surface area contributed by atoms with Crippen molar-refractivity contribution in [2.45, 2.75) is 51.2 Å². The van der Waals surface area contributed by atoms with Gasteiger partial charge in [-0.15, -0.1) is 10.2 Å². The van der Waals surface area contributed by atoms with Gasteiger partial charge in [0.05, 0.1) is 30.7 Å². The lowest BCUT2D eigenvalue weighted by atomic mass is 9.95. The van der Waals surface area contributed by atoms with Gasteiger partial charge in [0.2, 0.25) is 5.95 Å². The Morgan fingerprint density at radius 2 is 1.85 bits per heavy atom. The molecule has 1 fully saturated rings. The van der Waals surface area contributed by atoms with Crippen LogP contribution in [0.3, 0.4) is 0 Å². The first kappa shape index (κ1) is 21.7. The Bertz CT molecular complexity index is 1210. The molecule has 10 heteroatoms. The molecule has 33 heavy (non-hydrogen) atoms. The van der Waals surface area contributed by atoms with E-state index in [0.29, 0.717) is 24.1 Å². The standard InChI is InChI=1S/C23H24ClFN8/c1-23(2,14-26)32-12-16-9-17(24)3-4-19(16)33-20(13-32)29-30-21(33)15-5-7-31(8-6-15)22-27-10-18(25)11-28-22/h3-4,9-11,15H,5-8,12-13H2,1-2H3. The minimum atomic E-state index is -0.665. The quantitative estimate of drug-likeness (QED) is 0.579. The predicted molar refractivity (Wildman–Crippen MR) is 121 cm³/mol. The molecule has 1 aromatic carbocycles. The number of rotatable bonds is 3. The summed E-state index contributed by atoms with van der Waals surface area (Å²) in [6.07, 6.45) is 4.11. The van der Waals surface area contributed by atoms with E-state index in [1.807, 2.05) is 32.0 Å². The van der Waals surface area contributed by atoms with Crippen LogP contribution in [0.5, 0.6) is 0 Å². The third kappa shape index (κ3) is 4.05. The van der Waals surface area contributed by atoms with Crippen molar-refractivity contribution >= 4 is 17.5 Å². The van der Waals surface area contributed by atoms with Gasteiger partial charge in [0.1, 0.15) is 11.4 Å². The van der Waals surface area contributed by atoms with E-state index in [4.69, 9.17) is 11.6 Å². The first-order chi connectivity index (χ1) is 15.9. The van der Waals surface area contributed by atoms with E-state index >= 15 is 0 Å². The monoisotopic (exact) mass is 466 g/mol. The van der Waals surface area contributed by atoms with Crippen molar-refractivity contribution in [2.24, 2.45) is 0 Å². The molecular weight excluding hydrogens is 443 g/mol. The third-order valence-electron chi connectivity index (χ3n) is 6.54. The van der Waals surface area contributed by atoms with Crippen LogP contribution >= 0.6 is 11.6 Å². The average molecular weight is 467 g/mol. The summed E-state index contributed by atoms with van der Waals surface area (Å²) >= 11 is 6.33. The molecule has 8 nitrogen and oxygen atoms in total. The number of fused-ring (bicyclic) bond motifs is 3. The molecule has 0 N–H and O–H groups in total. The van der Waals surface area contributed by atoms with Crippen LogP contribution in [0.15, 0.2) is 30.6 Å². The number of nitriles is 1. The summed E-state index contributed by atoms with van der Waals surface area (Å²) in [6, 6.07) is 8.26. The van der Waals surface area contributed by atoms with Crippen LogP contribution < -0.4 is 4.90 Å². The fourth-order valence-electron chi connectivity index (χ4n) is 4.56. The maximum atomic E-state index is 13.2. The van der Waals surface area contributed by atoms with Crippen molar-refractivity contribution in [3.8, 4) is 11.8 Å². The zero-order valence-corrected chi connectivity index (χ0v) is 19.3. The normalized spacial score (nSPS) is 17.2. The fraction of sp³-hybridized carbons (Fsp3) is 0.435. The molecule has 2 aliphatic rings. The van der Waals surface area contributed by atoms with E-state index in [1.165, 1.54) is 12.4 Å².